The molecule has 92 valence electrons. The van der Waals surface area contributed by atoms with Gasteiger partial charge in [-0.1, -0.05) is 41.5 Å². The van der Waals surface area contributed by atoms with Crippen molar-refractivity contribution >= 4 is 5.97 Å². The maximum Gasteiger partial charge on any atom is 0.325 e. The van der Waals surface area contributed by atoms with E-state index in [1.165, 1.54) is 6.08 Å². The second-order valence-electron chi connectivity index (χ2n) is 6.05. The van der Waals surface area contributed by atoms with E-state index in [9.17, 15) is 4.79 Å². The van der Waals surface area contributed by atoms with E-state index >= 15 is 0 Å². The topological polar surface area (TPSA) is 63.3 Å². The highest BCUT2D eigenvalue weighted by Gasteiger charge is 2.27. The molecule has 3 heteroatoms. The van der Waals surface area contributed by atoms with Gasteiger partial charge in [-0.05, 0) is 22.5 Å². The van der Waals surface area contributed by atoms with Crippen LogP contribution in [-0.2, 0) is 4.79 Å². The Kier molecular flexibility index (Phi) is 4.54. The average molecular weight is 225 g/mol. The van der Waals surface area contributed by atoms with Crippen LogP contribution in [0.1, 0.15) is 41.5 Å². The van der Waals surface area contributed by atoms with E-state index in [2.05, 4.69) is 47.3 Å². The molecule has 0 aromatic rings. The minimum Gasteiger partial charge on any atom is -0.480 e. The molecule has 0 rings (SSSR count). The van der Waals surface area contributed by atoms with Gasteiger partial charge in [-0.2, -0.15) is 0 Å². The molecule has 16 heavy (non-hydrogen) atoms. The summed E-state index contributed by atoms with van der Waals surface area (Å²) in [6.45, 7) is 12.5. The Labute approximate surface area is 98.0 Å². The molecule has 0 aliphatic carbocycles. The highest BCUT2D eigenvalue weighted by Crippen LogP contribution is 2.38. The standard InChI is InChI=1S/C13H23NO2/c1-12(2,3)10(13(4,5)6)8-7-9(14)11(15)16/h7,9H,14H2,1-6H3,(H,15,16). The minimum absolute atomic E-state index is 0.0486. The van der Waals surface area contributed by atoms with E-state index in [1.807, 2.05) is 0 Å². The van der Waals surface area contributed by atoms with Gasteiger partial charge in [0.25, 0.3) is 0 Å². The molecule has 0 bridgehead atoms. The molecule has 0 spiro atoms. The third-order valence-electron chi connectivity index (χ3n) is 2.19. The molecule has 3 N–H and O–H groups in total. The van der Waals surface area contributed by atoms with E-state index in [0.29, 0.717) is 0 Å². The number of hydrogen-bond acceptors (Lipinski definition) is 2. The van der Waals surface area contributed by atoms with Crippen LogP contribution in [0.4, 0.5) is 0 Å². The molecule has 0 saturated heterocycles. The molecular formula is C13H23NO2. The van der Waals surface area contributed by atoms with Crippen LogP contribution in [0.3, 0.4) is 0 Å². The molecule has 1 unspecified atom stereocenters. The smallest absolute Gasteiger partial charge is 0.325 e. The number of hydrogen-bond donors (Lipinski definition) is 2. The summed E-state index contributed by atoms with van der Waals surface area (Å²) in [7, 11) is 0. The highest BCUT2D eigenvalue weighted by atomic mass is 16.4. The number of nitrogens with two attached hydrogens (primary N) is 1. The molecule has 0 aromatic heterocycles. The molecule has 0 aliphatic heterocycles. The lowest BCUT2D eigenvalue weighted by Gasteiger charge is -2.32. The zero-order valence-corrected chi connectivity index (χ0v) is 11.1. The van der Waals surface area contributed by atoms with Gasteiger partial charge in [0.1, 0.15) is 6.04 Å². The second-order valence-corrected chi connectivity index (χ2v) is 6.05. The zero-order valence-electron chi connectivity index (χ0n) is 11.1. The Balaban J connectivity index is 5.38. The van der Waals surface area contributed by atoms with Crippen LogP contribution in [0.2, 0.25) is 0 Å². The Morgan fingerprint density at radius 3 is 1.81 bits per heavy atom. The van der Waals surface area contributed by atoms with Gasteiger partial charge >= 0.3 is 5.97 Å². The normalized spacial score (nSPS) is 13.9. The van der Waals surface area contributed by atoms with Gasteiger partial charge in [0.05, 0.1) is 0 Å². The van der Waals surface area contributed by atoms with Gasteiger partial charge in [-0.3, -0.25) is 4.79 Å². The van der Waals surface area contributed by atoms with Crippen LogP contribution < -0.4 is 5.73 Å². The van der Waals surface area contributed by atoms with Crippen LogP contribution in [0.25, 0.3) is 0 Å². The molecule has 0 fully saturated rings. The fourth-order valence-corrected chi connectivity index (χ4v) is 1.80. The molecule has 0 radical (unpaired) electrons. The molecule has 3 nitrogen and oxygen atoms in total. The largest absolute Gasteiger partial charge is 0.480 e. The number of carboxylic acid groups (broad SMARTS) is 1. The Bertz CT molecular complexity index is 307. The molecule has 0 aromatic carbocycles. The maximum absolute atomic E-state index is 10.6. The summed E-state index contributed by atoms with van der Waals surface area (Å²) in [6, 6.07) is -0.986. The lowest BCUT2D eigenvalue weighted by Crippen LogP contribution is -2.27. The summed E-state index contributed by atoms with van der Waals surface area (Å²) in [5.41, 5.74) is 9.46. The summed E-state index contributed by atoms with van der Waals surface area (Å²) >= 11 is 0. The lowest BCUT2D eigenvalue weighted by atomic mass is 9.72. The van der Waals surface area contributed by atoms with E-state index < -0.39 is 12.0 Å². The quantitative estimate of drug-likeness (QED) is 0.710. The van der Waals surface area contributed by atoms with E-state index in [0.717, 1.165) is 5.57 Å². The van der Waals surface area contributed by atoms with Crippen molar-refractivity contribution in [2.45, 2.75) is 47.6 Å². The summed E-state index contributed by atoms with van der Waals surface area (Å²) in [4.78, 5) is 10.6. The van der Waals surface area contributed by atoms with Crippen molar-refractivity contribution in [3.05, 3.63) is 17.4 Å². The van der Waals surface area contributed by atoms with Crippen molar-refractivity contribution in [2.24, 2.45) is 16.6 Å². The van der Waals surface area contributed by atoms with Crippen LogP contribution >= 0.6 is 0 Å². The van der Waals surface area contributed by atoms with Gasteiger partial charge in [0.2, 0.25) is 0 Å². The highest BCUT2D eigenvalue weighted by molar-refractivity contribution is 5.75. The van der Waals surface area contributed by atoms with Gasteiger partial charge in [-0.25, -0.2) is 0 Å². The van der Waals surface area contributed by atoms with Gasteiger partial charge < -0.3 is 10.8 Å². The summed E-state index contributed by atoms with van der Waals surface area (Å²) in [5, 5.41) is 8.69. The van der Waals surface area contributed by atoms with Crippen molar-refractivity contribution < 1.29 is 9.90 Å². The third-order valence-corrected chi connectivity index (χ3v) is 2.19. The second kappa shape index (κ2) is 4.86. The van der Waals surface area contributed by atoms with E-state index in [4.69, 9.17) is 10.8 Å². The fraction of sp³-hybridized carbons (Fsp3) is 0.692. The first-order valence-corrected chi connectivity index (χ1v) is 5.42. The Morgan fingerprint density at radius 1 is 1.19 bits per heavy atom. The number of aliphatic carboxylic acids is 1. The molecule has 0 saturated carbocycles. The van der Waals surface area contributed by atoms with E-state index in [1.54, 1.807) is 0 Å². The zero-order chi connectivity index (χ0) is 13.1. The summed E-state index contributed by atoms with van der Waals surface area (Å²) in [5.74, 6) is -1.03. The van der Waals surface area contributed by atoms with Gasteiger partial charge in [0.15, 0.2) is 0 Å². The van der Waals surface area contributed by atoms with Crippen molar-refractivity contribution in [1.82, 2.24) is 0 Å². The van der Waals surface area contributed by atoms with Crippen molar-refractivity contribution in [1.29, 1.82) is 0 Å². The summed E-state index contributed by atoms with van der Waals surface area (Å²) < 4.78 is 0. The predicted octanol–water partition coefficient (Wildman–Crippen LogP) is 2.57. The summed E-state index contributed by atoms with van der Waals surface area (Å²) in [6.07, 6.45) is 1.42. The maximum atomic E-state index is 10.6. The van der Waals surface area contributed by atoms with Crippen LogP contribution in [-0.4, -0.2) is 17.1 Å². The first-order chi connectivity index (χ1) is 6.96. The van der Waals surface area contributed by atoms with Gasteiger partial charge in [0, 0.05) is 0 Å². The third kappa shape index (κ3) is 4.65. The Hall–Kier alpha value is -1.05. The van der Waals surface area contributed by atoms with Gasteiger partial charge in [-0.15, -0.1) is 5.73 Å². The molecule has 0 amide bonds. The molecule has 1 atom stereocenters. The molecule has 0 heterocycles. The van der Waals surface area contributed by atoms with Crippen LogP contribution in [0.5, 0.6) is 0 Å². The minimum atomic E-state index is -1.03. The van der Waals surface area contributed by atoms with Crippen LogP contribution in [0, 0.1) is 10.8 Å². The fourth-order valence-electron chi connectivity index (χ4n) is 1.80. The first kappa shape index (κ1) is 14.9. The number of carboxylic acids is 1. The van der Waals surface area contributed by atoms with E-state index in [-0.39, 0.29) is 10.8 Å². The predicted molar refractivity (Wildman–Crippen MR) is 66.1 cm³/mol. The van der Waals surface area contributed by atoms with Crippen LogP contribution in [0.15, 0.2) is 17.4 Å². The molecule has 0 aliphatic rings. The first-order valence-electron chi connectivity index (χ1n) is 5.42. The number of rotatable bonds is 2. The molecular weight excluding hydrogens is 202 g/mol. The average Bonchev–Trinajstić information content (AvgIpc) is 1.98. The van der Waals surface area contributed by atoms with Crippen molar-refractivity contribution in [3.63, 3.8) is 0 Å². The SMILES string of the molecule is CC(C)(C)C(=C=CC(N)C(=O)O)C(C)(C)C. The monoisotopic (exact) mass is 225 g/mol. The number of carbonyl (C=O) groups is 1. The van der Waals surface area contributed by atoms with Crippen molar-refractivity contribution in [2.75, 3.05) is 0 Å². The van der Waals surface area contributed by atoms with Crippen molar-refractivity contribution in [3.8, 4) is 0 Å². The Morgan fingerprint density at radius 2 is 1.56 bits per heavy atom. The lowest BCUT2D eigenvalue weighted by molar-refractivity contribution is -0.137.